The van der Waals surface area contributed by atoms with Crippen LogP contribution >= 0.6 is 0 Å². The lowest BCUT2D eigenvalue weighted by Gasteiger charge is -2.15. The lowest BCUT2D eigenvalue weighted by atomic mass is 9.97. The first kappa shape index (κ1) is 14.1. The molecule has 0 bridgehead atoms. The van der Waals surface area contributed by atoms with Crippen molar-refractivity contribution in [3.05, 3.63) is 54.1 Å². The maximum atomic E-state index is 11.9. The number of carbonyl (C=O) groups excluding carboxylic acids is 1. The number of hydrogen-bond acceptors (Lipinski definition) is 4. The van der Waals surface area contributed by atoms with Gasteiger partial charge in [-0.2, -0.15) is 0 Å². The molecule has 104 valence electrons. The van der Waals surface area contributed by atoms with E-state index in [1.807, 2.05) is 0 Å². The number of phenolic OH excluding ortho intramolecular Hbond substituents is 1. The van der Waals surface area contributed by atoms with Gasteiger partial charge < -0.3 is 14.9 Å². The fourth-order valence-corrected chi connectivity index (χ4v) is 1.70. The number of Topliss-reactive ketones (excluding diaryl/α,β-unsaturated/α-hetero) is 1. The zero-order valence-corrected chi connectivity index (χ0v) is 11.3. The van der Waals surface area contributed by atoms with E-state index < -0.39 is 5.60 Å². The first-order valence-corrected chi connectivity index (χ1v) is 6.21. The molecule has 0 fully saturated rings. The molecule has 4 nitrogen and oxygen atoms in total. The maximum Gasteiger partial charge on any atom is 0.193 e. The Morgan fingerprint density at radius 1 is 1.05 bits per heavy atom. The molecule has 20 heavy (non-hydrogen) atoms. The third kappa shape index (κ3) is 3.16. The molecule has 0 aliphatic carbocycles. The highest BCUT2D eigenvalue weighted by Gasteiger charge is 2.24. The van der Waals surface area contributed by atoms with E-state index in [1.54, 1.807) is 42.5 Å². The van der Waals surface area contributed by atoms with Crippen LogP contribution in [0.4, 0.5) is 0 Å². The molecular weight excluding hydrogens is 256 g/mol. The third-order valence-electron chi connectivity index (χ3n) is 2.77. The predicted molar refractivity (Wildman–Crippen MR) is 75.3 cm³/mol. The number of carbonyl (C=O) groups is 1. The smallest absolute Gasteiger partial charge is 0.193 e. The summed E-state index contributed by atoms with van der Waals surface area (Å²) in [5.74, 6) is 0.531. The molecule has 0 aliphatic rings. The van der Waals surface area contributed by atoms with Crippen molar-refractivity contribution < 1.29 is 19.7 Å². The number of ketones is 1. The van der Waals surface area contributed by atoms with Gasteiger partial charge in [0.05, 0.1) is 0 Å². The van der Waals surface area contributed by atoms with Gasteiger partial charge in [0, 0.05) is 5.56 Å². The van der Waals surface area contributed by atoms with E-state index in [-0.39, 0.29) is 11.5 Å². The van der Waals surface area contributed by atoms with Gasteiger partial charge in [-0.1, -0.05) is 12.1 Å². The van der Waals surface area contributed by atoms with Crippen molar-refractivity contribution in [1.29, 1.82) is 0 Å². The van der Waals surface area contributed by atoms with Crippen molar-refractivity contribution in [1.82, 2.24) is 0 Å². The summed E-state index contributed by atoms with van der Waals surface area (Å²) in [6.07, 6.45) is 0. The highest BCUT2D eigenvalue weighted by atomic mass is 16.5. The first-order chi connectivity index (χ1) is 9.38. The number of aliphatic hydroxyl groups is 1. The van der Waals surface area contributed by atoms with E-state index in [9.17, 15) is 15.0 Å². The molecule has 0 atom stereocenters. The van der Waals surface area contributed by atoms with Gasteiger partial charge in [0.1, 0.15) is 11.4 Å². The van der Waals surface area contributed by atoms with Crippen LogP contribution in [0.5, 0.6) is 17.2 Å². The zero-order chi connectivity index (χ0) is 14.8. The minimum atomic E-state index is -1.40. The Kier molecular flexibility index (Phi) is 3.77. The number of ether oxygens (including phenoxy) is 1. The van der Waals surface area contributed by atoms with Crippen LogP contribution in [0.15, 0.2) is 48.5 Å². The normalized spacial score (nSPS) is 11.2. The Morgan fingerprint density at radius 2 is 1.65 bits per heavy atom. The van der Waals surface area contributed by atoms with Gasteiger partial charge in [-0.05, 0) is 50.2 Å². The summed E-state index contributed by atoms with van der Waals surface area (Å²) in [5, 5.41) is 19.3. The SMILES string of the molecule is CC(C)(O)C(=O)c1ccc(Oc2ccccc2O)cc1. The van der Waals surface area contributed by atoms with Crippen molar-refractivity contribution in [3.8, 4) is 17.2 Å². The van der Waals surface area contributed by atoms with Crippen LogP contribution in [0, 0.1) is 0 Å². The quantitative estimate of drug-likeness (QED) is 0.839. The summed E-state index contributed by atoms with van der Waals surface area (Å²) in [5.41, 5.74) is -0.998. The summed E-state index contributed by atoms with van der Waals surface area (Å²) in [6.45, 7) is 2.89. The lowest BCUT2D eigenvalue weighted by molar-refractivity contribution is 0.0488. The summed E-state index contributed by atoms with van der Waals surface area (Å²) in [6, 6.07) is 13.0. The Balaban J connectivity index is 2.17. The van der Waals surface area contributed by atoms with E-state index in [2.05, 4.69) is 0 Å². The Hall–Kier alpha value is -2.33. The largest absolute Gasteiger partial charge is 0.504 e. The molecule has 0 unspecified atom stereocenters. The number of aromatic hydroxyl groups is 1. The molecule has 0 saturated carbocycles. The van der Waals surface area contributed by atoms with Gasteiger partial charge in [0.25, 0.3) is 0 Å². The standard InChI is InChI=1S/C16H16O4/c1-16(2,19)15(18)11-7-9-12(10-8-11)20-14-6-4-3-5-13(14)17/h3-10,17,19H,1-2H3. The number of para-hydroxylation sites is 2. The van der Waals surface area contributed by atoms with Crippen LogP contribution in [-0.2, 0) is 0 Å². The van der Waals surface area contributed by atoms with Gasteiger partial charge in [-0.3, -0.25) is 4.79 Å². The van der Waals surface area contributed by atoms with Gasteiger partial charge >= 0.3 is 0 Å². The van der Waals surface area contributed by atoms with Gasteiger partial charge in [-0.15, -0.1) is 0 Å². The van der Waals surface area contributed by atoms with Gasteiger partial charge in [0.15, 0.2) is 17.3 Å². The minimum absolute atomic E-state index is 0.0455. The van der Waals surface area contributed by atoms with E-state index in [0.29, 0.717) is 17.1 Å². The fraction of sp³-hybridized carbons (Fsp3) is 0.188. The molecular formula is C16H16O4. The minimum Gasteiger partial charge on any atom is -0.504 e. The van der Waals surface area contributed by atoms with Gasteiger partial charge in [0.2, 0.25) is 0 Å². The average Bonchev–Trinajstić information content (AvgIpc) is 2.40. The van der Waals surface area contributed by atoms with Gasteiger partial charge in [-0.25, -0.2) is 0 Å². The first-order valence-electron chi connectivity index (χ1n) is 6.21. The van der Waals surface area contributed by atoms with Crippen LogP contribution in [0.1, 0.15) is 24.2 Å². The molecule has 0 amide bonds. The number of benzene rings is 2. The summed E-state index contributed by atoms with van der Waals surface area (Å²) in [4.78, 5) is 11.9. The number of hydrogen-bond donors (Lipinski definition) is 2. The Bertz CT molecular complexity index is 609. The second-order valence-electron chi connectivity index (χ2n) is 4.98. The maximum absolute atomic E-state index is 11.9. The molecule has 0 aromatic heterocycles. The van der Waals surface area contributed by atoms with Crippen molar-refractivity contribution in [3.63, 3.8) is 0 Å². The average molecular weight is 272 g/mol. The van der Waals surface area contributed by atoms with Crippen LogP contribution < -0.4 is 4.74 Å². The molecule has 0 spiro atoms. The number of rotatable bonds is 4. The van der Waals surface area contributed by atoms with E-state index >= 15 is 0 Å². The number of phenols is 1. The van der Waals surface area contributed by atoms with Crippen LogP contribution in [0.3, 0.4) is 0 Å². The van der Waals surface area contributed by atoms with Crippen molar-refractivity contribution in [2.45, 2.75) is 19.4 Å². The molecule has 4 heteroatoms. The Morgan fingerprint density at radius 3 is 2.20 bits per heavy atom. The molecule has 0 saturated heterocycles. The van der Waals surface area contributed by atoms with Crippen LogP contribution in [0.2, 0.25) is 0 Å². The van der Waals surface area contributed by atoms with Crippen molar-refractivity contribution >= 4 is 5.78 Å². The van der Waals surface area contributed by atoms with E-state index in [1.165, 1.54) is 19.9 Å². The van der Waals surface area contributed by atoms with Crippen molar-refractivity contribution in [2.24, 2.45) is 0 Å². The molecule has 0 aliphatic heterocycles. The molecule has 2 aromatic rings. The molecule has 0 heterocycles. The summed E-state index contributed by atoms with van der Waals surface area (Å²) >= 11 is 0. The highest BCUT2D eigenvalue weighted by molar-refractivity contribution is 6.01. The molecule has 2 N–H and O–H groups in total. The van der Waals surface area contributed by atoms with Crippen molar-refractivity contribution in [2.75, 3.05) is 0 Å². The second kappa shape index (κ2) is 5.35. The third-order valence-corrected chi connectivity index (χ3v) is 2.77. The van der Waals surface area contributed by atoms with Crippen LogP contribution in [0.25, 0.3) is 0 Å². The monoisotopic (exact) mass is 272 g/mol. The highest BCUT2D eigenvalue weighted by Crippen LogP contribution is 2.30. The second-order valence-corrected chi connectivity index (χ2v) is 4.98. The fourth-order valence-electron chi connectivity index (χ4n) is 1.70. The molecule has 2 aromatic carbocycles. The molecule has 2 rings (SSSR count). The summed E-state index contributed by atoms with van der Waals surface area (Å²) in [7, 11) is 0. The van der Waals surface area contributed by atoms with E-state index in [0.717, 1.165) is 0 Å². The Labute approximate surface area is 117 Å². The molecule has 0 radical (unpaired) electrons. The lowest BCUT2D eigenvalue weighted by Crippen LogP contribution is -2.30. The zero-order valence-electron chi connectivity index (χ0n) is 11.3. The summed E-state index contributed by atoms with van der Waals surface area (Å²) < 4.78 is 5.51. The predicted octanol–water partition coefficient (Wildman–Crippen LogP) is 3.14. The van der Waals surface area contributed by atoms with E-state index in [4.69, 9.17) is 4.74 Å². The van der Waals surface area contributed by atoms with Crippen LogP contribution in [-0.4, -0.2) is 21.6 Å². The topological polar surface area (TPSA) is 66.8 Å².